The molecule has 0 aromatic heterocycles. The van der Waals surface area contributed by atoms with Crippen molar-refractivity contribution in [2.45, 2.75) is 70.9 Å². The Morgan fingerprint density at radius 2 is 1.85 bits per heavy atom. The molecule has 118 valence electrons. The third kappa shape index (κ3) is 3.96. The van der Waals surface area contributed by atoms with Gasteiger partial charge in [0.2, 0.25) is 0 Å². The van der Waals surface area contributed by atoms with Crippen LogP contribution in [-0.4, -0.2) is 49.3 Å². The quantitative estimate of drug-likeness (QED) is 0.839. The molecule has 0 radical (unpaired) electrons. The van der Waals surface area contributed by atoms with Gasteiger partial charge >= 0.3 is 0 Å². The number of likely N-dealkylation sites (N-methyl/N-ethyl adjacent to an activating group) is 1. The van der Waals surface area contributed by atoms with Crippen LogP contribution in [-0.2, 0) is 4.74 Å². The minimum absolute atomic E-state index is 0.228. The van der Waals surface area contributed by atoms with Gasteiger partial charge in [-0.05, 0) is 65.1 Å². The summed E-state index contributed by atoms with van der Waals surface area (Å²) >= 11 is 0. The zero-order chi connectivity index (χ0) is 14.4. The zero-order valence-corrected chi connectivity index (χ0v) is 13.8. The number of hydrogen-bond donors (Lipinski definition) is 1. The van der Waals surface area contributed by atoms with Crippen LogP contribution in [0.2, 0.25) is 0 Å². The normalized spacial score (nSPS) is 28.1. The summed E-state index contributed by atoms with van der Waals surface area (Å²) in [5.74, 6) is 0.668. The van der Waals surface area contributed by atoms with E-state index in [1.165, 1.54) is 51.6 Å². The first-order valence-corrected chi connectivity index (χ1v) is 8.72. The molecule has 0 aromatic rings. The van der Waals surface area contributed by atoms with Crippen LogP contribution in [0, 0.1) is 5.92 Å². The molecule has 3 nitrogen and oxygen atoms in total. The molecule has 0 aromatic carbocycles. The van der Waals surface area contributed by atoms with Crippen LogP contribution in [0.25, 0.3) is 0 Å². The third-order valence-electron chi connectivity index (χ3n) is 5.27. The SMILES string of the molecule is CCNC(C1CCCOC1)C(C)(C)N1CCCCCC1. The van der Waals surface area contributed by atoms with Crippen molar-refractivity contribution in [3.63, 3.8) is 0 Å². The molecule has 2 heterocycles. The van der Waals surface area contributed by atoms with E-state index in [0.717, 1.165) is 19.8 Å². The minimum atomic E-state index is 0.228. The molecule has 20 heavy (non-hydrogen) atoms. The molecule has 0 bridgehead atoms. The Morgan fingerprint density at radius 3 is 2.40 bits per heavy atom. The number of ether oxygens (including phenoxy) is 1. The molecule has 2 fully saturated rings. The molecule has 2 unspecified atom stereocenters. The summed E-state index contributed by atoms with van der Waals surface area (Å²) in [6.07, 6.45) is 8.08. The van der Waals surface area contributed by atoms with Gasteiger partial charge in [-0.15, -0.1) is 0 Å². The van der Waals surface area contributed by atoms with Gasteiger partial charge in [0.15, 0.2) is 0 Å². The van der Waals surface area contributed by atoms with E-state index in [4.69, 9.17) is 4.74 Å². The van der Waals surface area contributed by atoms with E-state index in [0.29, 0.717) is 12.0 Å². The van der Waals surface area contributed by atoms with E-state index in [2.05, 4.69) is 31.0 Å². The maximum absolute atomic E-state index is 5.76. The molecule has 0 amide bonds. The molecule has 2 atom stereocenters. The summed E-state index contributed by atoms with van der Waals surface area (Å²) in [6, 6.07) is 0.547. The Hall–Kier alpha value is -0.120. The van der Waals surface area contributed by atoms with Crippen LogP contribution in [0.4, 0.5) is 0 Å². The average Bonchev–Trinajstić information content (AvgIpc) is 2.75. The van der Waals surface area contributed by atoms with Crippen LogP contribution >= 0.6 is 0 Å². The Bertz CT molecular complexity index is 266. The van der Waals surface area contributed by atoms with Gasteiger partial charge in [-0.1, -0.05) is 19.8 Å². The monoisotopic (exact) mass is 282 g/mol. The second-order valence-corrected chi connectivity index (χ2v) is 7.07. The van der Waals surface area contributed by atoms with Crippen LogP contribution in [0.1, 0.15) is 59.3 Å². The molecule has 1 N–H and O–H groups in total. The van der Waals surface area contributed by atoms with Crippen molar-refractivity contribution < 1.29 is 4.74 Å². The molecule has 0 spiro atoms. The largest absolute Gasteiger partial charge is 0.381 e. The third-order valence-corrected chi connectivity index (χ3v) is 5.27. The Morgan fingerprint density at radius 1 is 1.15 bits per heavy atom. The van der Waals surface area contributed by atoms with E-state index < -0.39 is 0 Å². The molecular formula is C17H34N2O. The lowest BCUT2D eigenvalue weighted by Crippen LogP contribution is -2.61. The van der Waals surface area contributed by atoms with Crippen LogP contribution in [0.5, 0.6) is 0 Å². The summed E-state index contributed by atoms with van der Waals surface area (Å²) in [4.78, 5) is 2.74. The summed E-state index contributed by atoms with van der Waals surface area (Å²) in [7, 11) is 0. The molecule has 2 rings (SSSR count). The van der Waals surface area contributed by atoms with Crippen molar-refractivity contribution in [3.05, 3.63) is 0 Å². The van der Waals surface area contributed by atoms with Gasteiger partial charge in [0.1, 0.15) is 0 Å². The number of nitrogens with one attached hydrogen (secondary N) is 1. The molecular weight excluding hydrogens is 248 g/mol. The number of hydrogen-bond acceptors (Lipinski definition) is 3. The van der Waals surface area contributed by atoms with Gasteiger partial charge in [0, 0.05) is 18.2 Å². The first-order valence-electron chi connectivity index (χ1n) is 8.72. The molecule has 0 saturated carbocycles. The predicted octanol–water partition coefficient (Wildman–Crippen LogP) is 3.05. The number of likely N-dealkylation sites (tertiary alicyclic amines) is 1. The molecule has 0 aliphatic carbocycles. The minimum Gasteiger partial charge on any atom is -0.381 e. The van der Waals surface area contributed by atoms with Crippen molar-refractivity contribution in [2.75, 3.05) is 32.8 Å². The Balaban J connectivity index is 2.07. The van der Waals surface area contributed by atoms with E-state index in [-0.39, 0.29) is 5.54 Å². The average molecular weight is 282 g/mol. The van der Waals surface area contributed by atoms with Crippen LogP contribution in [0.3, 0.4) is 0 Å². The smallest absolute Gasteiger partial charge is 0.0509 e. The highest BCUT2D eigenvalue weighted by molar-refractivity contribution is 4.98. The summed E-state index contributed by atoms with van der Waals surface area (Å²) in [5.41, 5.74) is 0.228. The van der Waals surface area contributed by atoms with Gasteiger partial charge in [0.25, 0.3) is 0 Å². The van der Waals surface area contributed by atoms with Crippen molar-refractivity contribution in [1.29, 1.82) is 0 Å². The first-order chi connectivity index (χ1) is 9.66. The fourth-order valence-electron chi connectivity index (χ4n) is 4.09. The molecule has 3 heteroatoms. The lowest BCUT2D eigenvalue weighted by atomic mass is 9.80. The van der Waals surface area contributed by atoms with E-state index in [1.54, 1.807) is 0 Å². The summed E-state index contributed by atoms with van der Waals surface area (Å²) in [5, 5.41) is 3.79. The fourth-order valence-corrected chi connectivity index (χ4v) is 4.09. The maximum atomic E-state index is 5.76. The van der Waals surface area contributed by atoms with Crippen LogP contribution < -0.4 is 5.32 Å². The number of nitrogens with zero attached hydrogens (tertiary/aromatic N) is 1. The van der Waals surface area contributed by atoms with Crippen molar-refractivity contribution in [2.24, 2.45) is 5.92 Å². The first kappa shape index (κ1) is 16.3. The van der Waals surface area contributed by atoms with Gasteiger partial charge in [-0.3, -0.25) is 4.90 Å². The lowest BCUT2D eigenvalue weighted by Gasteiger charge is -2.48. The summed E-state index contributed by atoms with van der Waals surface area (Å²) in [6.45, 7) is 12.6. The van der Waals surface area contributed by atoms with Crippen LogP contribution in [0.15, 0.2) is 0 Å². The predicted molar refractivity (Wildman–Crippen MR) is 85.1 cm³/mol. The van der Waals surface area contributed by atoms with E-state index >= 15 is 0 Å². The van der Waals surface area contributed by atoms with E-state index in [9.17, 15) is 0 Å². The van der Waals surface area contributed by atoms with Gasteiger partial charge in [0.05, 0.1) is 6.61 Å². The Labute approximate surface area is 125 Å². The topological polar surface area (TPSA) is 24.5 Å². The molecule has 2 aliphatic rings. The standard InChI is InChI=1S/C17H34N2O/c1-4-18-16(15-10-9-13-20-14-15)17(2,3)19-11-7-5-6-8-12-19/h15-16,18H,4-14H2,1-3H3. The second-order valence-electron chi connectivity index (χ2n) is 7.07. The van der Waals surface area contributed by atoms with Gasteiger partial charge in [-0.25, -0.2) is 0 Å². The maximum Gasteiger partial charge on any atom is 0.0509 e. The zero-order valence-electron chi connectivity index (χ0n) is 13.8. The van der Waals surface area contributed by atoms with Gasteiger partial charge in [-0.2, -0.15) is 0 Å². The van der Waals surface area contributed by atoms with E-state index in [1.807, 2.05) is 0 Å². The van der Waals surface area contributed by atoms with Crippen molar-refractivity contribution in [1.82, 2.24) is 10.2 Å². The highest BCUT2D eigenvalue weighted by Crippen LogP contribution is 2.30. The second kappa shape index (κ2) is 7.77. The van der Waals surface area contributed by atoms with Gasteiger partial charge < -0.3 is 10.1 Å². The summed E-state index contributed by atoms with van der Waals surface area (Å²) < 4.78 is 5.76. The Kier molecular flexibility index (Phi) is 6.31. The molecule has 2 aliphatic heterocycles. The van der Waals surface area contributed by atoms with Crippen molar-refractivity contribution >= 4 is 0 Å². The molecule has 2 saturated heterocycles. The number of rotatable bonds is 5. The van der Waals surface area contributed by atoms with Crippen molar-refractivity contribution in [3.8, 4) is 0 Å². The fraction of sp³-hybridized carbons (Fsp3) is 1.00. The lowest BCUT2D eigenvalue weighted by molar-refractivity contribution is -0.00708. The highest BCUT2D eigenvalue weighted by atomic mass is 16.5. The highest BCUT2D eigenvalue weighted by Gasteiger charge is 2.40.